The van der Waals surface area contributed by atoms with Crippen molar-refractivity contribution in [1.29, 1.82) is 0 Å². The van der Waals surface area contributed by atoms with Crippen LogP contribution in [0.3, 0.4) is 0 Å². The van der Waals surface area contributed by atoms with Crippen LogP contribution in [-0.4, -0.2) is 6.03 Å². The number of nitrogens with one attached hydrogen (secondary N) is 2. The second kappa shape index (κ2) is 6.23. The predicted molar refractivity (Wildman–Crippen MR) is 59.4 cm³/mol. The molecule has 0 spiro atoms. The first-order chi connectivity index (χ1) is 6.26. The van der Waals surface area contributed by atoms with E-state index in [4.69, 9.17) is 5.84 Å². The Morgan fingerprint density at radius 2 is 1.93 bits per heavy atom. The minimum atomic E-state index is -0.413. The maximum absolute atomic E-state index is 10.8. The summed E-state index contributed by atoms with van der Waals surface area (Å²) in [5, 5.41) is 2.57. The van der Waals surface area contributed by atoms with Gasteiger partial charge in [-0.2, -0.15) is 0 Å². The van der Waals surface area contributed by atoms with Gasteiger partial charge in [-0.3, -0.25) is 5.43 Å². The van der Waals surface area contributed by atoms with E-state index in [0.717, 1.165) is 12.1 Å². The second-order valence-electron chi connectivity index (χ2n) is 2.65. The van der Waals surface area contributed by atoms with E-state index in [1.807, 2.05) is 29.7 Å². The molecule has 0 bridgehead atoms. The summed E-state index contributed by atoms with van der Waals surface area (Å²) in [6, 6.07) is 7.20. The van der Waals surface area contributed by atoms with Gasteiger partial charge in [0, 0.05) is 5.69 Å². The molecular formula is C9H14ClN3O. The number of carbonyl (C=O) groups excluding carboxylic acids is 1. The summed E-state index contributed by atoms with van der Waals surface area (Å²) in [5.41, 5.74) is 3.96. The molecule has 0 aromatic heterocycles. The van der Waals surface area contributed by atoms with Gasteiger partial charge in [0.05, 0.1) is 0 Å². The molecule has 0 fully saturated rings. The van der Waals surface area contributed by atoms with Crippen LogP contribution in [-0.2, 0) is 6.42 Å². The quantitative estimate of drug-likeness (QED) is 0.399. The van der Waals surface area contributed by atoms with E-state index in [9.17, 15) is 4.79 Å². The lowest BCUT2D eigenvalue weighted by Gasteiger charge is -2.04. The number of benzene rings is 1. The normalized spacial score (nSPS) is 8.71. The zero-order valence-electron chi connectivity index (χ0n) is 7.91. The third kappa shape index (κ3) is 3.64. The van der Waals surface area contributed by atoms with E-state index in [0.29, 0.717) is 0 Å². The summed E-state index contributed by atoms with van der Waals surface area (Å²) >= 11 is 0. The third-order valence-corrected chi connectivity index (χ3v) is 1.75. The van der Waals surface area contributed by atoms with Crippen LogP contribution < -0.4 is 16.6 Å². The van der Waals surface area contributed by atoms with Gasteiger partial charge in [-0.1, -0.05) is 19.1 Å². The van der Waals surface area contributed by atoms with Crippen molar-refractivity contribution < 1.29 is 4.79 Å². The molecule has 0 saturated heterocycles. The average molecular weight is 216 g/mol. The van der Waals surface area contributed by atoms with E-state index in [1.165, 1.54) is 5.56 Å². The van der Waals surface area contributed by atoms with Crippen LogP contribution in [0.2, 0.25) is 0 Å². The molecule has 4 nitrogen and oxygen atoms in total. The van der Waals surface area contributed by atoms with Crippen molar-refractivity contribution in [3.05, 3.63) is 29.8 Å². The fraction of sp³-hybridized carbons (Fsp3) is 0.222. The maximum atomic E-state index is 10.8. The Bertz CT molecular complexity index is 287. The van der Waals surface area contributed by atoms with Crippen molar-refractivity contribution in [3.63, 3.8) is 0 Å². The molecule has 14 heavy (non-hydrogen) atoms. The van der Waals surface area contributed by atoms with E-state index in [2.05, 4.69) is 12.2 Å². The highest BCUT2D eigenvalue weighted by molar-refractivity contribution is 5.88. The van der Waals surface area contributed by atoms with Crippen molar-refractivity contribution >= 4 is 24.1 Å². The molecule has 0 heterocycles. The van der Waals surface area contributed by atoms with Crippen LogP contribution in [0, 0.1) is 0 Å². The summed E-state index contributed by atoms with van der Waals surface area (Å²) < 4.78 is 0. The number of hydrazine groups is 1. The predicted octanol–water partition coefficient (Wildman–Crippen LogP) is 1.67. The number of anilines is 1. The number of hydrogen-bond acceptors (Lipinski definition) is 2. The fourth-order valence-corrected chi connectivity index (χ4v) is 0.991. The van der Waals surface area contributed by atoms with Crippen LogP contribution in [0.15, 0.2) is 24.3 Å². The first-order valence-corrected chi connectivity index (χ1v) is 4.12. The van der Waals surface area contributed by atoms with Gasteiger partial charge in [-0.25, -0.2) is 10.6 Å². The first-order valence-electron chi connectivity index (χ1n) is 4.12. The Balaban J connectivity index is 0.00000169. The van der Waals surface area contributed by atoms with Gasteiger partial charge in [-0.05, 0) is 24.1 Å². The summed E-state index contributed by atoms with van der Waals surface area (Å²) in [7, 11) is 0. The molecule has 0 unspecified atom stereocenters. The Morgan fingerprint density at radius 1 is 1.36 bits per heavy atom. The minimum Gasteiger partial charge on any atom is -0.307 e. The third-order valence-electron chi connectivity index (χ3n) is 1.75. The smallest absolute Gasteiger partial charge is 0.307 e. The van der Waals surface area contributed by atoms with Gasteiger partial charge in [-0.15, -0.1) is 12.4 Å². The molecule has 4 N–H and O–H groups in total. The van der Waals surface area contributed by atoms with E-state index < -0.39 is 6.03 Å². The monoisotopic (exact) mass is 215 g/mol. The van der Waals surface area contributed by atoms with Crippen molar-refractivity contribution in [2.75, 3.05) is 5.32 Å². The fourth-order valence-electron chi connectivity index (χ4n) is 0.991. The SMILES string of the molecule is CCc1ccc(NC(=O)NN)cc1.Cl. The Kier molecular flexibility index (Phi) is 5.67. The number of aryl methyl sites for hydroxylation is 1. The standard InChI is InChI=1S/C9H13N3O.ClH/c1-2-7-3-5-8(6-4-7)11-9(13)12-10;/h3-6H,2,10H2,1H3,(H2,11,12,13);1H. The zero-order chi connectivity index (χ0) is 9.68. The summed E-state index contributed by atoms with van der Waals surface area (Å²) in [5.74, 6) is 4.91. The molecule has 78 valence electrons. The Morgan fingerprint density at radius 3 is 2.36 bits per heavy atom. The molecule has 1 rings (SSSR count). The number of rotatable bonds is 2. The van der Waals surface area contributed by atoms with E-state index >= 15 is 0 Å². The second-order valence-corrected chi connectivity index (χ2v) is 2.65. The molecule has 0 atom stereocenters. The number of urea groups is 1. The Hall–Kier alpha value is -1.26. The first kappa shape index (κ1) is 12.7. The molecule has 0 aliphatic heterocycles. The number of carbonyl (C=O) groups is 1. The zero-order valence-corrected chi connectivity index (χ0v) is 8.73. The molecule has 1 aromatic carbocycles. The topological polar surface area (TPSA) is 67.2 Å². The van der Waals surface area contributed by atoms with Gasteiger partial charge in [0.25, 0.3) is 0 Å². The number of nitrogens with two attached hydrogens (primary N) is 1. The van der Waals surface area contributed by atoms with Crippen molar-refractivity contribution in [2.24, 2.45) is 5.84 Å². The highest BCUT2D eigenvalue weighted by atomic mass is 35.5. The van der Waals surface area contributed by atoms with E-state index in [-0.39, 0.29) is 12.4 Å². The van der Waals surface area contributed by atoms with Crippen LogP contribution in [0.4, 0.5) is 10.5 Å². The van der Waals surface area contributed by atoms with Gasteiger partial charge in [0.1, 0.15) is 0 Å². The largest absolute Gasteiger partial charge is 0.333 e. The molecule has 1 aromatic rings. The highest BCUT2D eigenvalue weighted by Gasteiger charge is 1.97. The summed E-state index contributed by atoms with van der Waals surface area (Å²) in [6.45, 7) is 2.08. The molecule has 0 aliphatic rings. The van der Waals surface area contributed by atoms with Gasteiger partial charge in [0.2, 0.25) is 0 Å². The number of halogens is 1. The van der Waals surface area contributed by atoms with E-state index in [1.54, 1.807) is 0 Å². The molecule has 0 aliphatic carbocycles. The average Bonchev–Trinajstić information content (AvgIpc) is 2.19. The van der Waals surface area contributed by atoms with Gasteiger partial charge in [0.15, 0.2) is 0 Å². The lowest BCUT2D eigenvalue weighted by molar-refractivity contribution is 0.252. The van der Waals surface area contributed by atoms with Crippen LogP contribution in [0.25, 0.3) is 0 Å². The van der Waals surface area contributed by atoms with Crippen LogP contribution in [0.1, 0.15) is 12.5 Å². The minimum absolute atomic E-state index is 0. The lowest BCUT2D eigenvalue weighted by Crippen LogP contribution is -2.34. The molecule has 0 saturated carbocycles. The Labute approximate surface area is 89.3 Å². The van der Waals surface area contributed by atoms with Crippen molar-refractivity contribution in [3.8, 4) is 0 Å². The van der Waals surface area contributed by atoms with Crippen LogP contribution in [0.5, 0.6) is 0 Å². The highest BCUT2D eigenvalue weighted by Crippen LogP contribution is 2.09. The van der Waals surface area contributed by atoms with Crippen molar-refractivity contribution in [1.82, 2.24) is 5.43 Å². The molecule has 2 amide bonds. The van der Waals surface area contributed by atoms with Gasteiger partial charge < -0.3 is 5.32 Å². The van der Waals surface area contributed by atoms with Crippen molar-refractivity contribution in [2.45, 2.75) is 13.3 Å². The number of hydrogen-bond donors (Lipinski definition) is 3. The molecule has 5 heteroatoms. The maximum Gasteiger partial charge on any atom is 0.333 e. The summed E-state index contributed by atoms with van der Waals surface area (Å²) in [4.78, 5) is 10.8. The van der Waals surface area contributed by atoms with Crippen LogP contribution >= 0.6 is 12.4 Å². The van der Waals surface area contributed by atoms with Gasteiger partial charge >= 0.3 is 6.03 Å². The molecule has 0 radical (unpaired) electrons. The number of amides is 2. The molecular weight excluding hydrogens is 202 g/mol. The summed E-state index contributed by atoms with van der Waals surface area (Å²) in [6.07, 6.45) is 0.989. The lowest BCUT2D eigenvalue weighted by atomic mass is 10.1.